The number of hydrogen-bond donors (Lipinski definition) is 3. The second-order valence-electron chi connectivity index (χ2n) is 10.3. The Morgan fingerprint density at radius 2 is 1.86 bits per heavy atom. The van der Waals surface area contributed by atoms with E-state index >= 15 is 0 Å². The third kappa shape index (κ3) is 4.35. The Morgan fingerprint density at radius 3 is 2.51 bits per heavy atom. The fourth-order valence-electron chi connectivity index (χ4n) is 5.54. The highest BCUT2D eigenvalue weighted by Gasteiger charge is 2.58. The van der Waals surface area contributed by atoms with E-state index in [1.54, 1.807) is 24.3 Å². The van der Waals surface area contributed by atoms with E-state index in [0.717, 1.165) is 25.0 Å². The van der Waals surface area contributed by atoms with Crippen LogP contribution in [0.15, 0.2) is 48.5 Å². The van der Waals surface area contributed by atoms with E-state index < -0.39 is 47.1 Å². The van der Waals surface area contributed by atoms with Crippen molar-refractivity contribution in [1.82, 2.24) is 9.80 Å². The third-order valence-electron chi connectivity index (χ3n) is 7.87. The number of benzene rings is 2. The highest BCUT2D eigenvalue weighted by Crippen LogP contribution is 2.47. The summed E-state index contributed by atoms with van der Waals surface area (Å²) in [5.41, 5.74) is 6.13. The number of anilines is 1. The molecule has 2 aromatic rings. The molecule has 1 saturated carbocycles. The third-order valence-corrected chi connectivity index (χ3v) is 7.87. The lowest BCUT2D eigenvalue weighted by molar-refractivity contribution is -0.151. The maximum atomic E-state index is 14.0. The molecule has 0 bridgehead atoms. The number of carbonyl (C=O) groups excluding carboxylic acids is 4. The first-order valence-electron chi connectivity index (χ1n) is 12.3. The maximum absolute atomic E-state index is 14.0. The maximum Gasteiger partial charge on any atom is 0.256 e. The standard InChI is InChI=1S/C27H29FN4O5/c1-31(25(36)22(33)16-8-10-17(28)11-9-16)20(12-15-6-7-15)24(35)32-14-27(13-21(32)23(29)34)18-4-2-3-5-19(18)30-26(27)37/h2-5,8-11,15,20-22,33H,6-7,12-14H2,1H3,(H2,29,34)(H,30,37)/t20-,21-,22-,27-/m0/s1. The summed E-state index contributed by atoms with van der Waals surface area (Å²) >= 11 is 0. The minimum absolute atomic E-state index is 0.0446. The second kappa shape index (κ2) is 9.26. The van der Waals surface area contributed by atoms with Gasteiger partial charge in [-0.3, -0.25) is 19.2 Å². The minimum Gasteiger partial charge on any atom is -0.378 e. The molecule has 2 fully saturated rings. The highest BCUT2D eigenvalue weighted by atomic mass is 19.1. The molecule has 5 rings (SSSR count). The van der Waals surface area contributed by atoms with Gasteiger partial charge in [0.25, 0.3) is 5.91 Å². The zero-order chi connectivity index (χ0) is 26.5. The largest absolute Gasteiger partial charge is 0.378 e. The van der Waals surface area contributed by atoms with Crippen LogP contribution in [0.4, 0.5) is 10.1 Å². The molecule has 37 heavy (non-hydrogen) atoms. The second-order valence-corrected chi connectivity index (χ2v) is 10.3. The molecule has 3 aliphatic rings. The molecule has 0 radical (unpaired) electrons. The summed E-state index contributed by atoms with van der Waals surface area (Å²) in [6.07, 6.45) is 0.624. The van der Waals surface area contributed by atoms with E-state index in [1.165, 1.54) is 29.0 Å². The molecule has 10 heteroatoms. The van der Waals surface area contributed by atoms with Crippen LogP contribution in [-0.4, -0.2) is 64.2 Å². The van der Waals surface area contributed by atoms with Gasteiger partial charge < -0.3 is 26.0 Å². The van der Waals surface area contributed by atoms with Crippen molar-refractivity contribution >= 4 is 29.3 Å². The fraction of sp³-hybridized carbons (Fsp3) is 0.407. The number of nitrogens with zero attached hydrogens (tertiary/aromatic N) is 2. The first kappa shape index (κ1) is 24.9. The number of amides is 4. The predicted molar refractivity (Wildman–Crippen MR) is 131 cm³/mol. The molecule has 2 heterocycles. The van der Waals surface area contributed by atoms with Gasteiger partial charge in [-0.2, -0.15) is 0 Å². The average molecular weight is 509 g/mol. The van der Waals surface area contributed by atoms with Crippen molar-refractivity contribution in [3.8, 4) is 0 Å². The zero-order valence-electron chi connectivity index (χ0n) is 20.4. The number of aliphatic hydroxyl groups is 1. The topological polar surface area (TPSA) is 133 Å². The molecule has 4 amide bonds. The smallest absolute Gasteiger partial charge is 0.256 e. The summed E-state index contributed by atoms with van der Waals surface area (Å²) in [7, 11) is 1.43. The van der Waals surface area contributed by atoms with Crippen LogP contribution in [0.5, 0.6) is 0 Å². The van der Waals surface area contributed by atoms with Crippen molar-refractivity contribution in [2.24, 2.45) is 11.7 Å². The first-order valence-corrected chi connectivity index (χ1v) is 12.3. The summed E-state index contributed by atoms with van der Waals surface area (Å²) in [6, 6.07) is 10.1. The van der Waals surface area contributed by atoms with Gasteiger partial charge in [-0.05, 0) is 48.1 Å². The number of likely N-dealkylation sites (tertiary alicyclic amines) is 1. The molecular weight excluding hydrogens is 479 g/mol. The van der Waals surface area contributed by atoms with Crippen LogP contribution >= 0.6 is 0 Å². The van der Waals surface area contributed by atoms with Gasteiger partial charge in [0.1, 0.15) is 17.9 Å². The van der Waals surface area contributed by atoms with Gasteiger partial charge >= 0.3 is 0 Å². The van der Waals surface area contributed by atoms with Crippen molar-refractivity contribution in [1.29, 1.82) is 0 Å². The molecular formula is C27H29FN4O5. The molecule has 1 spiro atoms. The molecule has 2 aliphatic heterocycles. The van der Waals surface area contributed by atoms with Crippen LogP contribution in [0.3, 0.4) is 0 Å². The van der Waals surface area contributed by atoms with E-state index in [2.05, 4.69) is 5.32 Å². The van der Waals surface area contributed by atoms with Crippen LogP contribution in [0.2, 0.25) is 0 Å². The Kier molecular flexibility index (Phi) is 6.23. The van der Waals surface area contributed by atoms with E-state index in [0.29, 0.717) is 17.7 Å². The van der Waals surface area contributed by atoms with Gasteiger partial charge in [0.2, 0.25) is 17.7 Å². The van der Waals surface area contributed by atoms with Crippen LogP contribution in [0.1, 0.15) is 42.9 Å². The zero-order valence-corrected chi connectivity index (χ0v) is 20.4. The number of nitrogens with one attached hydrogen (secondary N) is 1. The Morgan fingerprint density at radius 1 is 1.19 bits per heavy atom. The van der Waals surface area contributed by atoms with Gasteiger partial charge in [0.05, 0.1) is 5.41 Å². The number of fused-ring (bicyclic) bond motifs is 2. The van der Waals surface area contributed by atoms with Gasteiger partial charge in [0, 0.05) is 19.3 Å². The Labute approximate surface area is 213 Å². The number of para-hydroxylation sites is 1. The molecule has 194 valence electrons. The van der Waals surface area contributed by atoms with Crippen LogP contribution < -0.4 is 11.1 Å². The van der Waals surface area contributed by atoms with E-state index in [9.17, 15) is 28.7 Å². The Hall–Kier alpha value is -3.79. The lowest BCUT2D eigenvalue weighted by Crippen LogP contribution is -2.54. The molecule has 0 aromatic heterocycles. The summed E-state index contributed by atoms with van der Waals surface area (Å²) in [6.45, 7) is -0.0496. The molecule has 2 aromatic carbocycles. The number of hydrogen-bond acceptors (Lipinski definition) is 5. The van der Waals surface area contributed by atoms with Crippen molar-refractivity contribution in [2.45, 2.75) is 49.3 Å². The number of nitrogens with two attached hydrogens (primary N) is 1. The molecule has 4 atom stereocenters. The molecule has 0 unspecified atom stereocenters. The van der Waals surface area contributed by atoms with Gasteiger partial charge in [-0.25, -0.2) is 4.39 Å². The number of primary amides is 1. The van der Waals surface area contributed by atoms with Crippen LogP contribution in [-0.2, 0) is 24.6 Å². The average Bonchev–Trinajstić information content (AvgIpc) is 3.55. The first-order chi connectivity index (χ1) is 17.6. The summed E-state index contributed by atoms with van der Waals surface area (Å²) in [5, 5.41) is 13.5. The summed E-state index contributed by atoms with van der Waals surface area (Å²) in [5.74, 6) is -2.52. The van der Waals surface area contributed by atoms with Crippen LogP contribution in [0.25, 0.3) is 0 Å². The quantitative estimate of drug-likeness (QED) is 0.521. The lowest BCUT2D eigenvalue weighted by Gasteiger charge is -2.34. The number of aliphatic hydroxyl groups excluding tert-OH is 1. The normalized spacial score (nSPS) is 23.9. The van der Waals surface area contributed by atoms with Gasteiger partial charge in [0.15, 0.2) is 6.10 Å². The van der Waals surface area contributed by atoms with Gasteiger partial charge in [-0.15, -0.1) is 0 Å². The van der Waals surface area contributed by atoms with Gasteiger partial charge in [-0.1, -0.05) is 43.2 Å². The Balaban J connectivity index is 1.44. The van der Waals surface area contributed by atoms with Crippen molar-refractivity contribution < 1.29 is 28.7 Å². The number of carbonyl (C=O) groups is 4. The molecule has 4 N–H and O–H groups in total. The van der Waals surface area contributed by atoms with Crippen LogP contribution in [0, 0.1) is 11.7 Å². The number of likely N-dealkylation sites (N-methyl/N-ethyl adjacent to an activating group) is 1. The van der Waals surface area contributed by atoms with E-state index in [4.69, 9.17) is 5.73 Å². The van der Waals surface area contributed by atoms with Crippen molar-refractivity contribution in [3.05, 3.63) is 65.5 Å². The highest BCUT2D eigenvalue weighted by molar-refractivity contribution is 6.08. The molecule has 1 aliphatic carbocycles. The monoisotopic (exact) mass is 508 g/mol. The SMILES string of the molecule is CN(C(=O)[C@@H](O)c1ccc(F)cc1)[C@@H](CC1CC1)C(=O)N1C[C@]2(C[C@H]1C(N)=O)C(=O)Nc1ccccc12. The number of rotatable bonds is 7. The van der Waals surface area contributed by atoms with Crippen molar-refractivity contribution in [2.75, 3.05) is 18.9 Å². The number of halogens is 1. The van der Waals surface area contributed by atoms with E-state index in [-0.39, 0.29) is 30.4 Å². The van der Waals surface area contributed by atoms with E-state index in [1.807, 2.05) is 0 Å². The lowest BCUT2D eigenvalue weighted by atomic mass is 9.79. The Bertz CT molecular complexity index is 1260. The molecule has 9 nitrogen and oxygen atoms in total. The fourth-order valence-corrected chi connectivity index (χ4v) is 5.54. The predicted octanol–water partition coefficient (Wildman–Crippen LogP) is 1.46. The molecule has 1 saturated heterocycles. The summed E-state index contributed by atoms with van der Waals surface area (Å²) < 4.78 is 13.3. The van der Waals surface area contributed by atoms with Crippen molar-refractivity contribution in [3.63, 3.8) is 0 Å². The minimum atomic E-state index is -1.59. The summed E-state index contributed by atoms with van der Waals surface area (Å²) in [4.78, 5) is 55.4.